The van der Waals surface area contributed by atoms with E-state index in [4.69, 9.17) is 4.74 Å². The summed E-state index contributed by atoms with van der Waals surface area (Å²) in [4.78, 5) is 0.324. The van der Waals surface area contributed by atoms with Gasteiger partial charge in [-0.05, 0) is 37.2 Å². The molecule has 0 spiro atoms. The van der Waals surface area contributed by atoms with Crippen molar-refractivity contribution >= 4 is 9.84 Å². The van der Waals surface area contributed by atoms with Gasteiger partial charge in [0.25, 0.3) is 0 Å². The molecule has 1 aromatic rings. The molecule has 0 saturated carbocycles. The first-order valence-electron chi connectivity index (χ1n) is 5.23. The normalized spacial score (nSPS) is 20.9. The van der Waals surface area contributed by atoms with Crippen molar-refractivity contribution in [3.63, 3.8) is 0 Å². The van der Waals surface area contributed by atoms with Crippen LogP contribution in [-0.2, 0) is 9.84 Å². The van der Waals surface area contributed by atoms with Gasteiger partial charge >= 0.3 is 0 Å². The smallest absolute Gasteiger partial charge is 0.175 e. The topological polar surface area (TPSA) is 55.4 Å². The lowest BCUT2D eigenvalue weighted by Gasteiger charge is -2.12. The van der Waals surface area contributed by atoms with Gasteiger partial charge in [-0.15, -0.1) is 0 Å². The molecule has 4 nitrogen and oxygen atoms in total. The Morgan fingerprint density at radius 3 is 2.50 bits per heavy atom. The minimum Gasteiger partial charge on any atom is -0.489 e. The molecule has 0 radical (unpaired) electrons. The van der Waals surface area contributed by atoms with E-state index in [0.29, 0.717) is 4.90 Å². The molecule has 1 saturated heterocycles. The molecule has 1 atom stereocenters. The first kappa shape index (κ1) is 11.4. The van der Waals surface area contributed by atoms with E-state index in [1.807, 2.05) is 0 Å². The monoisotopic (exact) mass is 241 g/mol. The van der Waals surface area contributed by atoms with Crippen molar-refractivity contribution in [2.75, 3.05) is 19.3 Å². The summed E-state index contributed by atoms with van der Waals surface area (Å²) in [5.41, 5.74) is 0. The van der Waals surface area contributed by atoms with Gasteiger partial charge in [0.1, 0.15) is 11.9 Å². The van der Waals surface area contributed by atoms with Gasteiger partial charge < -0.3 is 10.1 Å². The third-order valence-electron chi connectivity index (χ3n) is 2.57. The highest BCUT2D eigenvalue weighted by Crippen LogP contribution is 2.18. The summed E-state index contributed by atoms with van der Waals surface area (Å²) in [6, 6.07) is 6.56. The molecule has 1 heterocycles. The lowest BCUT2D eigenvalue weighted by Crippen LogP contribution is -2.19. The highest BCUT2D eigenvalue weighted by Gasteiger charge is 2.16. The number of nitrogens with one attached hydrogen (secondary N) is 1. The lowest BCUT2D eigenvalue weighted by molar-refractivity contribution is 0.223. The molecule has 1 aliphatic rings. The van der Waals surface area contributed by atoms with Gasteiger partial charge in [0.15, 0.2) is 9.84 Å². The second-order valence-electron chi connectivity index (χ2n) is 3.98. The maximum atomic E-state index is 11.2. The largest absolute Gasteiger partial charge is 0.489 e. The van der Waals surface area contributed by atoms with Crippen LogP contribution in [0.2, 0.25) is 0 Å². The number of ether oxygens (including phenoxy) is 1. The summed E-state index contributed by atoms with van der Waals surface area (Å²) in [7, 11) is -3.11. The van der Waals surface area contributed by atoms with Crippen LogP contribution in [0, 0.1) is 0 Å². The van der Waals surface area contributed by atoms with E-state index in [0.717, 1.165) is 25.3 Å². The standard InChI is InChI=1S/C11H15NO3S/c1-16(13,14)11-4-2-9(3-5-11)15-10-6-7-12-8-10/h2-5,10,12H,6-8H2,1H3. The maximum absolute atomic E-state index is 11.2. The van der Waals surface area contributed by atoms with Crippen LogP contribution in [-0.4, -0.2) is 33.9 Å². The summed E-state index contributed by atoms with van der Waals surface area (Å²) in [5, 5.41) is 3.21. The van der Waals surface area contributed by atoms with E-state index in [-0.39, 0.29) is 6.10 Å². The lowest BCUT2D eigenvalue weighted by atomic mass is 10.3. The van der Waals surface area contributed by atoms with Gasteiger partial charge in [0.05, 0.1) is 4.90 Å². The van der Waals surface area contributed by atoms with Crippen LogP contribution in [0.4, 0.5) is 0 Å². The molecule has 1 fully saturated rings. The molecular formula is C11H15NO3S. The minimum absolute atomic E-state index is 0.198. The molecule has 0 amide bonds. The molecule has 0 aromatic heterocycles. The summed E-state index contributed by atoms with van der Waals surface area (Å²) in [6.07, 6.45) is 2.39. The first-order chi connectivity index (χ1) is 7.55. The predicted octanol–water partition coefficient (Wildman–Crippen LogP) is 0.831. The average molecular weight is 241 g/mol. The van der Waals surface area contributed by atoms with Gasteiger partial charge in [0.2, 0.25) is 0 Å². The summed E-state index contributed by atoms with van der Waals surface area (Å²) >= 11 is 0. The second kappa shape index (κ2) is 4.43. The van der Waals surface area contributed by atoms with Crippen LogP contribution in [0.15, 0.2) is 29.2 Å². The van der Waals surface area contributed by atoms with Crippen LogP contribution >= 0.6 is 0 Å². The fourth-order valence-corrected chi connectivity index (χ4v) is 2.32. The highest BCUT2D eigenvalue weighted by atomic mass is 32.2. The zero-order chi connectivity index (χ0) is 11.6. The predicted molar refractivity (Wildman–Crippen MR) is 61.5 cm³/mol. The number of rotatable bonds is 3. The van der Waals surface area contributed by atoms with Crippen molar-refractivity contribution in [2.45, 2.75) is 17.4 Å². The van der Waals surface area contributed by atoms with Crippen LogP contribution in [0.5, 0.6) is 5.75 Å². The van der Waals surface area contributed by atoms with E-state index in [1.165, 1.54) is 6.26 Å². The molecule has 2 rings (SSSR count). The fraction of sp³-hybridized carbons (Fsp3) is 0.455. The Balaban J connectivity index is 2.07. The quantitative estimate of drug-likeness (QED) is 0.851. The Hall–Kier alpha value is -1.07. The second-order valence-corrected chi connectivity index (χ2v) is 5.99. The molecule has 1 unspecified atom stereocenters. The number of sulfone groups is 1. The highest BCUT2D eigenvalue weighted by molar-refractivity contribution is 7.90. The Kier molecular flexibility index (Phi) is 3.16. The molecule has 1 aromatic carbocycles. The molecular weight excluding hydrogens is 226 g/mol. The van der Waals surface area contributed by atoms with Gasteiger partial charge in [-0.25, -0.2) is 8.42 Å². The summed E-state index contributed by atoms with van der Waals surface area (Å²) in [5.74, 6) is 0.723. The van der Waals surface area contributed by atoms with Crippen molar-refractivity contribution < 1.29 is 13.2 Å². The van der Waals surface area contributed by atoms with Crippen molar-refractivity contribution in [1.29, 1.82) is 0 Å². The third-order valence-corrected chi connectivity index (χ3v) is 3.70. The third kappa shape index (κ3) is 2.74. The van der Waals surface area contributed by atoms with Crippen LogP contribution in [0.1, 0.15) is 6.42 Å². The van der Waals surface area contributed by atoms with Gasteiger partial charge in [-0.1, -0.05) is 0 Å². The van der Waals surface area contributed by atoms with E-state index < -0.39 is 9.84 Å². The Morgan fingerprint density at radius 2 is 2.00 bits per heavy atom. The minimum atomic E-state index is -3.11. The van der Waals surface area contributed by atoms with Crippen LogP contribution < -0.4 is 10.1 Å². The molecule has 1 aliphatic heterocycles. The molecule has 0 aliphatic carbocycles. The number of hydrogen-bond acceptors (Lipinski definition) is 4. The van der Waals surface area contributed by atoms with Gasteiger partial charge in [-0.3, -0.25) is 0 Å². The van der Waals surface area contributed by atoms with E-state index in [9.17, 15) is 8.42 Å². The van der Waals surface area contributed by atoms with Crippen molar-refractivity contribution in [3.05, 3.63) is 24.3 Å². The SMILES string of the molecule is CS(=O)(=O)c1ccc(OC2CCNC2)cc1. The Labute approximate surface area is 95.5 Å². The van der Waals surface area contributed by atoms with Crippen molar-refractivity contribution in [2.24, 2.45) is 0 Å². The Morgan fingerprint density at radius 1 is 1.31 bits per heavy atom. The fourth-order valence-electron chi connectivity index (χ4n) is 1.69. The summed E-state index contributed by atoms with van der Waals surface area (Å²) in [6.45, 7) is 1.83. The average Bonchev–Trinajstić information content (AvgIpc) is 2.70. The molecule has 88 valence electrons. The van der Waals surface area contributed by atoms with Crippen molar-refractivity contribution in [3.8, 4) is 5.75 Å². The van der Waals surface area contributed by atoms with Gasteiger partial charge in [-0.2, -0.15) is 0 Å². The van der Waals surface area contributed by atoms with Gasteiger partial charge in [0, 0.05) is 12.8 Å². The Bertz CT molecular complexity index is 447. The van der Waals surface area contributed by atoms with Crippen LogP contribution in [0.3, 0.4) is 0 Å². The zero-order valence-corrected chi connectivity index (χ0v) is 9.96. The van der Waals surface area contributed by atoms with Crippen LogP contribution in [0.25, 0.3) is 0 Å². The first-order valence-corrected chi connectivity index (χ1v) is 7.12. The van der Waals surface area contributed by atoms with Crippen molar-refractivity contribution in [1.82, 2.24) is 5.32 Å². The molecule has 5 heteroatoms. The van der Waals surface area contributed by atoms with E-state index in [1.54, 1.807) is 24.3 Å². The summed E-state index contributed by atoms with van der Waals surface area (Å²) < 4.78 is 28.2. The molecule has 16 heavy (non-hydrogen) atoms. The van der Waals surface area contributed by atoms with E-state index in [2.05, 4.69) is 5.32 Å². The molecule has 1 N–H and O–H groups in total. The number of hydrogen-bond donors (Lipinski definition) is 1. The van der Waals surface area contributed by atoms with E-state index >= 15 is 0 Å². The molecule has 0 bridgehead atoms. The maximum Gasteiger partial charge on any atom is 0.175 e. The number of benzene rings is 1. The zero-order valence-electron chi connectivity index (χ0n) is 9.14.